The molecule has 19 heavy (non-hydrogen) atoms. The summed E-state index contributed by atoms with van der Waals surface area (Å²) in [7, 11) is 0. The molecule has 0 saturated heterocycles. The topological polar surface area (TPSA) is 21.3 Å². The highest BCUT2D eigenvalue weighted by Gasteiger charge is 2.00. The summed E-state index contributed by atoms with van der Waals surface area (Å²) in [4.78, 5) is 0. The van der Waals surface area contributed by atoms with E-state index < -0.39 is 0 Å². The number of rotatable bonds is 5. The SMILES string of the molecule is Clc1ccc(Br)cc1NCCOc1cccc(Br)c1. The standard InChI is InChI=1S/C14H12Br2ClNO/c15-10-2-1-3-12(8-10)19-7-6-18-14-9-11(16)4-5-13(14)17/h1-5,8-9,18H,6-7H2. The summed E-state index contributed by atoms with van der Waals surface area (Å²) in [5.41, 5.74) is 0.897. The van der Waals surface area contributed by atoms with Crippen LogP contribution in [0.5, 0.6) is 5.75 Å². The van der Waals surface area contributed by atoms with E-state index in [0.717, 1.165) is 20.4 Å². The molecule has 1 N–H and O–H groups in total. The van der Waals surface area contributed by atoms with E-state index in [1.807, 2.05) is 42.5 Å². The van der Waals surface area contributed by atoms with Crippen LogP contribution in [-0.2, 0) is 0 Å². The third-order valence-corrected chi connectivity index (χ3v) is 3.73. The number of nitrogens with one attached hydrogen (secondary N) is 1. The van der Waals surface area contributed by atoms with Gasteiger partial charge in [-0.3, -0.25) is 0 Å². The van der Waals surface area contributed by atoms with Gasteiger partial charge in [0.2, 0.25) is 0 Å². The van der Waals surface area contributed by atoms with E-state index in [0.29, 0.717) is 18.2 Å². The minimum atomic E-state index is 0.569. The number of hydrogen-bond acceptors (Lipinski definition) is 2. The first kappa shape index (κ1) is 14.7. The van der Waals surface area contributed by atoms with Crippen LogP contribution in [-0.4, -0.2) is 13.2 Å². The van der Waals surface area contributed by atoms with Crippen molar-refractivity contribution in [2.45, 2.75) is 0 Å². The molecule has 0 aromatic heterocycles. The minimum absolute atomic E-state index is 0.569. The summed E-state index contributed by atoms with van der Waals surface area (Å²) in [5, 5.41) is 3.94. The zero-order chi connectivity index (χ0) is 13.7. The maximum Gasteiger partial charge on any atom is 0.120 e. The molecule has 0 heterocycles. The van der Waals surface area contributed by atoms with Gasteiger partial charge in [0.25, 0.3) is 0 Å². The lowest BCUT2D eigenvalue weighted by atomic mass is 10.3. The zero-order valence-electron chi connectivity index (χ0n) is 10.00. The van der Waals surface area contributed by atoms with Gasteiger partial charge in [0.05, 0.1) is 10.7 Å². The van der Waals surface area contributed by atoms with Crippen LogP contribution < -0.4 is 10.1 Å². The molecule has 2 aromatic rings. The minimum Gasteiger partial charge on any atom is -0.492 e. The molecule has 2 rings (SSSR count). The van der Waals surface area contributed by atoms with Gasteiger partial charge >= 0.3 is 0 Å². The Morgan fingerprint density at radius 3 is 2.63 bits per heavy atom. The lowest BCUT2D eigenvalue weighted by Gasteiger charge is -2.10. The van der Waals surface area contributed by atoms with Gasteiger partial charge < -0.3 is 10.1 Å². The average Bonchev–Trinajstić information content (AvgIpc) is 2.39. The Morgan fingerprint density at radius 1 is 1.05 bits per heavy atom. The maximum atomic E-state index is 6.08. The van der Waals surface area contributed by atoms with Crippen molar-refractivity contribution < 1.29 is 4.74 Å². The third kappa shape index (κ3) is 4.71. The van der Waals surface area contributed by atoms with Gasteiger partial charge in [0.15, 0.2) is 0 Å². The Labute approximate surface area is 134 Å². The number of benzene rings is 2. The van der Waals surface area contributed by atoms with Crippen molar-refractivity contribution in [2.24, 2.45) is 0 Å². The van der Waals surface area contributed by atoms with Crippen LogP contribution in [0.15, 0.2) is 51.4 Å². The monoisotopic (exact) mass is 403 g/mol. The average molecular weight is 406 g/mol. The highest BCUT2D eigenvalue weighted by Crippen LogP contribution is 2.25. The van der Waals surface area contributed by atoms with E-state index in [2.05, 4.69) is 37.2 Å². The Bertz CT molecular complexity index is 563. The van der Waals surface area contributed by atoms with E-state index in [4.69, 9.17) is 16.3 Å². The molecule has 5 heteroatoms. The first-order valence-corrected chi connectivity index (χ1v) is 7.69. The Kier molecular flexibility index (Phi) is 5.55. The van der Waals surface area contributed by atoms with Gasteiger partial charge in [-0.25, -0.2) is 0 Å². The maximum absolute atomic E-state index is 6.08. The molecule has 0 bridgehead atoms. The highest BCUT2D eigenvalue weighted by atomic mass is 79.9. The van der Waals surface area contributed by atoms with Crippen LogP contribution in [0.4, 0.5) is 5.69 Å². The molecule has 0 unspecified atom stereocenters. The lowest BCUT2D eigenvalue weighted by Crippen LogP contribution is -2.11. The smallest absolute Gasteiger partial charge is 0.120 e. The van der Waals surface area contributed by atoms with E-state index in [-0.39, 0.29) is 0 Å². The summed E-state index contributed by atoms with van der Waals surface area (Å²) >= 11 is 12.9. The van der Waals surface area contributed by atoms with Crippen LogP contribution >= 0.6 is 43.5 Å². The fraction of sp³-hybridized carbons (Fsp3) is 0.143. The Hall–Kier alpha value is -0.710. The van der Waals surface area contributed by atoms with Gasteiger partial charge in [-0.2, -0.15) is 0 Å². The van der Waals surface area contributed by atoms with Crippen molar-refractivity contribution in [1.82, 2.24) is 0 Å². The second-order valence-electron chi connectivity index (χ2n) is 3.86. The number of halogens is 3. The van der Waals surface area contributed by atoms with Crippen LogP contribution in [0, 0.1) is 0 Å². The second-order valence-corrected chi connectivity index (χ2v) is 6.10. The summed E-state index contributed by atoms with van der Waals surface area (Å²) < 4.78 is 7.63. The quantitative estimate of drug-likeness (QED) is 0.677. The van der Waals surface area contributed by atoms with Crippen molar-refractivity contribution in [3.63, 3.8) is 0 Å². The van der Waals surface area contributed by atoms with Crippen molar-refractivity contribution in [3.8, 4) is 5.75 Å². The van der Waals surface area contributed by atoms with E-state index in [1.165, 1.54) is 0 Å². The van der Waals surface area contributed by atoms with Crippen molar-refractivity contribution >= 4 is 49.1 Å². The summed E-state index contributed by atoms with van der Waals surface area (Å²) in [6.45, 7) is 1.25. The molecular formula is C14H12Br2ClNO. The van der Waals surface area contributed by atoms with E-state index >= 15 is 0 Å². The van der Waals surface area contributed by atoms with Gasteiger partial charge in [-0.15, -0.1) is 0 Å². The molecule has 0 aliphatic heterocycles. The summed E-state index contributed by atoms with van der Waals surface area (Å²) in [6, 6.07) is 13.5. The second kappa shape index (κ2) is 7.17. The predicted molar refractivity (Wildman–Crippen MR) is 87.3 cm³/mol. The molecule has 0 fully saturated rings. The molecule has 100 valence electrons. The first-order chi connectivity index (χ1) is 9.15. The summed E-state index contributed by atoms with van der Waals surface area (Å²) in [5.74, 6) is 0.844. The van der Waals surface area contributed by atoms with E-state index in [1.54, 1.807) is 0 Å². The molecule has 0 amide bonds. The van der Waals surface area contributed by atoms with Gasteiger partial charge in [-0.05, 0) is 36.4 Å². The number of hydrogen-bond donors (Lipinski definition) is 1. The van der Waals surface area contributed by atoms with Crippen LogP contribution in [0.1, 0.15) is 0 Å². The van der Waals surface area contributed by atoms with Gasteiger partial charge in [0, 0.05) is 15.5 Å². The van der Waals surface area contributed by atoms with Crippen molar-refractivity contribution in [1.29, 1.82) is 0 Å². The molecule has 0 aliphatic rings. The van der Waals surface area contributed by atoms with Crippen molar-refractivity contribution in [3.05, 3.63) is 56.4 Å². The third-order valence-electron chi connectivity index (χ3n) is 2.41. The molecule has 0 atom stereocenters. The van der Waals surface area contributed by atoms with Crippen LogP contribution in [0.3, 0.4) is 0 Å². The molecule has 0 saturated carbocycles. The van der Waals surface area contributed by atoms with Gasteiger partial charge in [0.1, 0.15) is 12.4 Å². The van der Waals surface area contributed by atoms with E-state index in [9.17, 15) is 0 Å². The number of anilines is 1. The molecule has 0 spiro atoms. The highest BCUT2D eigenvalue weighted by molar-refractivity contribution is 9.10. The fourth-order valence-corrected chi connectivity index (χ4v) is 2.47. The van der Waals surface area contributed by atoms with Crippen LogP contribution in [0.2, 0.25) is 5.02 Å². The first-order valence-electron chi connectivity index (χ1n) is 5.72. The molecule has 2 nitrogen and oxygen atoms in total. The Balaban J connectivity index is 1.82. The normalized spacial score (nSPS) is 10.3. The summed E-state index contributed by atoms with van der Waals surface area (Å²) in [6.07, 6.45) is 0. The largest absolute Gasteiger partial charge is 0.492 e. The van der Waals surface area contributed by atoms with Crippen LogP contribution in [0.25, 0.3) is 0 Å². The lowest BCUT2D eigenvalue weighted by molar-refractivity contribution is 0.332. The fourth-order valence-electron chi connectivity index (χ4n) is 1.54. The molecular weight excluding hydrogens is 393 g/mol. The number of ether oxygens (including phenoxy) is 1. The molecule has 0 aliphatic carbocycles. The predicted octanol–water partition coefficient (Wildman–Crippen LogP) is 5.36. The molecule has 0 radical (unpaired) electrons. The zero-order valence-corrected chi connectivity index (χ0v) is 13.9. The Morgan fingerprint density at radius 2 is 1.84 bits per heavy atom. The van der Waals surface area contributed by atoms with Gasteiger partial charge in [-0.1, -0.05) is 49.5 Å². The van der Waals surface area contributed by atoms with Crippen molar-refractivity contribution in [2.75, 3.05) is 18.5 Å². The molecule has 2 aromatic carbocycles.